The highest BCUT2D eigenvalue weighted by Gasteiger charge is 2.34. The molecule has 3 heterocycles. The second-order valence-electron chi connectivity index (χ2n) is 6.09. The van der Waals surface area contributed by atoms with Crippen molar-refractivity contribution in [1.82, 2.24) is 14.9 Å². The summed E-state index contributed by atoms with van der Waals surface area (Å²) < 4.78 is 5.35. The third kappa shape index (κ3) is 3.24. The number of furan rings is 1. The zero-order chi connectivity index (χ0) is 17.2. The lowest BCUT2D eigenvalue weighted by molar-refractivity contribution is 0.0715. The zero-order valence-corrected chi connectivity index (χ0v) is 13.5. The van der Waals surface area contributed by atoms with Gasteiger partial charge in [-0.05, 0) is 49.2 Å². The van der Waals surface area contributed by atoms with E-state index in [0.29, 0.717) is 18.0 Å². The predicted octanol–water partition coefficient (Wildman–Crippen LogP) is 2.83. The van der Waals surface area contributed by atoms with Gasteiger partial charge in [-0.25, -0.2) is 0 Å². The van der Waals surface area contributed by atoms with Gasteiger partial charge in [0.2, 0.25) is 0 Å². The molecule has 0 atom stereocenters. The monoisotopic (exact) mass is 335 g/mol. The average molecular weight is 335 g/mol. The molecule has 0 bridgehead atoms. The van der Waals surface area contributed by atoms with Crippen LogP contribution in [0.5, 0.6) is 0 Å². The van der Waals surface area contributed by atoms with Crippen molar-refractivity contribution in [2.75, 3.05) is 0 Å². The maximum atomic E-state index is 12.9. The van der Waals surface area contributed by atoms with Crippen molar-refractivity contribution in [3.05, 3.63) is 76.7 Å². The summed E-state index contributed by atoms with van der Waals surface area (Å²) in [6.07, 6.45) is 6.82. The van der Waals surface area contributed by atoms with Gasteiger partial charge in [0.05, 0.1) is 12.8 Å². The fourth-order valence-electron chi connectivity index (χ4n) is 2.82. The summed E-state index contributed by atoms with van der Waals surface area (Å²) in [6, 6.07) is 10.8. The molecular weight excluding hydrogens is 318 g/mol. The Morgan fingerprint density at radius 1 is 1.20 bits per heavy atom. The molecule has 126 valence electrons. The van der Waals surface area contributed by atoms with Crippen molar-refractivity contribution in [2.45, 2.75) is 25.4 Å². The number of hydrogen-bond donors (Lipinski definition) is 1. The van der Waals surface area contributed by atoms with Gasteiger partial charge in [0, 0.05) is 29.7 Å². The molecule has 0 aromatic carbocycles. The Kier molecular flexibility index (Phi) is 3.93. The Labute approximate surface area is 144 Å². The van der Waals surface area contributed by atoms with E-state index in [1.807, 2.05) is 6.07 Å². The van der Waals surface area contributed by atoms with Gasteiger partial charge in [0.15, 0.2) is 0 Å². The Hall–Kier alpha value is -3.15. The van der Waals surface area contributed by atoms with Gasteiger partial charge in [0.25, 0.3) is 11.5 Å². The highest BCUT2D eigenvalue weighted by molar-refractivity contribution is 5.94. The van der Waals surface area contributed by atoms with Gasteiger partial charge in [-0.15, -0.1) is 0 Å². The van der Waals surface area contributed by atoms with E-state index in [1.54, 1.807) is 53.9 Å². The Morgan fingerprint density at radius 3 is 2.64 bits per heavy atom. The van der Waals surface area contributed by atoms with E-state index in [4.69, 9.17) is 4.42 Å². The molecule has 0 radical (unpaired) electrons. The number of amides is 1. The van der Waals surface area contributed by atoms with Crippen molar-refractivity contribution >= 4 is 5.91 Å². The largest absolute Gasteiger partial charge is 0.467 e. The maximum Gasteiger partial charge on any atom is 0.261 e. The van der Waals surface area contributed by atoms with Crippen LogP contribution < -0.4 is 5.56 Å². The first-order valence-electron chi connectivity index (χ1n) is 8.19. The molecule has 1 fully saturated rings. The van der Waals surface area contributed by atoms with Crippen molar-refractivity contribution in [3.63, 3.8) is 0 Å². The summed E-state index contributed by atoms with van der Waals surface area (Å²) in [6.45, 7) is 0.377. The lowest BCUT2D eigenvalue weighted by Gasteiger charge is -2.21. The number of nitrogens with zero attached hydrogens (tertiary/aromatic N) is 2. The topological polar surface area (TPSA) is 79.2 Å². The van der Waals surface area contributed by atoms with Gasteiger partial charge >= 0.3 is 0 Å². The molecule has 0 aliphatic heterocycles. The molecule has 6 heteroatoms. The minimum Gasteiger partial charge on any atom is -0.467 e. The van der Waals surface area contributed by atoms with Gasteiger partial charge < -0.3 is 14.3 Å². The van der Waals surface area contributed by atoms with Crippen molar-refractivity contribution in [3.8, 4) is 11.3 Å². The number of H-pyrrole nitrogens is 1. The minimum atomic E-state index is -0.385. The first kappa shape index (κ1) is 15.4. The van der Waals surface area contributed by atoms with Crippen molar-refractivity contribution in [2.24, 2.45) is 0 Å². The summed E-state index contributed by atoms with van der Waals surface area (Å²) in [5.41, 5.74) is 1.27. The summed E-state index contributed by atoms with van der Waals surface area (Å²) in [5, 5.41) is 0. The first-order chi connectivity index (χ1) is 12.2. The molecule has 1 saturated carbocycles. The molecule has 3 aromatic rings. The number of pyridine rings is 2. The van der Waals surface area contributed by atoms with Crippen LogP contribution >= 0.6 is 0 Å². The highest BCUT2D eigenvalue weighted by Crippen LogP contribution is 2.29. The van der Waals surface area contributed by atoms with E-state index in [1.165, 1.54) is 0 Å². The standard InChI is InChI=1S/C19H17N3O3/c23-18-16(5-6-17(21-18)13-7-9-20-10-8-13)19(24)22(14-3-4-14)12-15-2-1-11-25-15/h1-2,5-11,14H,3-4,12H2,(H,21,23). The molecule has 25 heavy (non-hydrogen) atoms. The Balaban J connectivity index is 1.61. The number of hydrogen-bond acceptors (Lipinski definition) is 4. The highest BCUT2D eigenvalue weighted by atomic mass is 16.3. The van der Waals surface area contributed by atoms with E-state index < -0.39 is 0 Å². The van der Waals surface area contributed by atoms with Crippen LogP contribution in [-0.4, -0.2) is 26.8 Å². The van der Waals surface area contributed by atoms with E-state index in [-0.39, 0.29) is 23.1 Å². The number of aromatic nitrogens is 2. The first-order valence-corrected chi connectivity index (χ1v) is 8.19. The quantitative estimate of drug-likeness (QED) is 0.777. The molecule has 6 nitrogen and oxygen atoms in total. The van der Waals surface area contributed by atoms with Crippen LogP contribution in [0.25, 0.3) is 11.3 Å². The van der Waals surface area contributed by atoms with Crippen molar-refractivity contribution in [1.29, 1.82) is 0 Å². The number of carbonyl (C=O) groups is 1. The van der Waals surface area contributed by atoms with E-state index in [0.717, 1.165) is 18.4 Å². The van der Waals surface area contributed by atoms with Crippen LogP contribution in [0.3, 0.4) is 0 Å². The number of aromatic amines is 1. The smallest absolute Gasteiger partial charge is 0.261 e. The van der Waals surface area contributed by atoms with Crippen molar-refractivity contribution < 1.29 is 9.21 Å². The summed E-state index contributed by atoms with van der Waals surface area (Å²) in [7, 11) is 0. The van der Waals surface area contributed by atoms with Gasteiger partial charge in [-0.1, -0.05) is 0 Å². The van der Waals surface area contributed by atoms with Gasteiger partial charge in [0.1, 0.15) is 11.3 Å². The maximum absolute atomic E-state index is 12.9. The number of nitrogens with one attached hydrogen (secondary N) is 1. The third-order valence-corrected chi connectivity index (χ3v) is 4.29. The number of carbonyl (C=O) groups excluding carboxylic acids is 1. The summed E-state index contributed by atoms with van der Waals surface area (Å²) in [4.78, 5) is 33.8. The summed E-state index contributed by atoms with van der Waals surface area (Å²) in [5.74, 6) is 0.450. The zero-order valence-electron chi connectivity index (χ0n) is 13.5. The molecule has 0 spiro atoms. The normalized spacial score (nSPS) is 13.6. The second-order valence-corrected chi connectivity index (χ2v) is 6.09. The average Bonchev–Trinajstić information content (AvgIpc) is 3.35. The fourth-order valence-corrected chi connectivity index (χ4v) is 2.82. The molecular formula is C19H17N3O3. The Bertz CT molecular complexity index is 928. The van der Waals surface area contributed by atoms with Crippen LogP contribution in [0.2, 0.25) is 0 Å². The SMILES string of the molecule is O=C(c1ccc(-c2ccncc2)[nH]c1=O)N(Cc1ccco1)C1CC1. The summed E-state index contributed by atoms with van der Waals surface area (Å²) >= 11 is 0. The van der Waals surface area contributed by atoms with E-state index >= 15 is 0 Å². The molecule has 1 amide bonds. The molecule has 3 aromatic heterocycles. The molecule has 1 aliphatic rings. The van der Waals surface area contributed by atoms with Crippen LogP contribution in [0, 0.1) is 0 Å². The molecule has 1 aliphatic carbocycles. The van der Waals surface area contributed by atoms with E-state index in [2.05, 4.69) is 9.97 Å². The number of rotatable bonds is 5. The van der Waals surface area contributed by atoms with Gasteiger partial charge in [-0.3, -0.25) is 14.6 Å². The van der Waals surface area contributed by atoms with Crippen LogP contribution in [0.1, 0.15) is 29.0 Å². The predicted molar refractivity (Wildman–Crippen MR) is 91.9 cm³/mol. The fraction of sp³-hybridized carbons (Fsp3) is 0.211. The van der Waals surface area contributed by atoms with Crippen LogP contribution in [0.4, 0.5) is 0 Å². The molecule has 0 unspecified atom stereocenters. The minimum absolute atomic E-state index is 0.149. The van der Waals surface area contributed by atoms with E-state index in [9.17, 15) is 9.59 Å². The van der Waals surface area contributed by atoms with Crippen LogP contribution in [0.15, 0.2) is 64.3 Å². The van der Waals surface area contributed by atoms with Gasteiger partial charge in [-0.2, -0.15) is 0 Å². The second kappa shape index (κ2) is 6.39. The molecule has 1 N–H and O–H groups in total. The van der Waals surface area contributed by atoms with Crippen LogP contribution in [-0.2, 0) is 6.54 Å². The molecule has 0 saturated heterocycles. The molecule has 4 rings (SSSR count). The lowest BCUT2D eigenvalue weighted by Crippen LogP contribution is -2.36. The Morgan fingerprint density at radius 2 is 2.00 bits per heavy atom. The third-order valence-electron chi connectivity index (χ3n) is 4.29. The lowest BCUT2D eigenvalue weighted by atomic mass is 10.1.